The summed E-state index contributed by atoms with van der Waals surface area (Å²) in [6, 6.07) is 10.0. The molecule has 1 aliphatic heterocycles. The molecule has 1 fully saturated rings. The number of carbonyl (C=O) groups is 1. The quantitative estimate of drug-likeness (QED) is 0.772. The number of carbonyl (C=O) groups excluding carboxylic acids is 1. The summed E-state index contributed by atoms with van der Waals surface area (Å²) in [5.74, 6) is -0.00528. The third-order valence-electron chi connectivity index (χ3n) is 4.05. The van der Waals surface area contributed by atoms with E-state index in [0.29, 0.717) is 6.54 Å². The molecule has 5 nitrogen and oxygen atoms in total. The first-order chi connectivity index (χ1) is 12.1. The molecule has 0 unspecified atom stereocenters. The minimum Gasteiger partial charge on any atom is -0.378 e. The molecular formula is C18H22BrN3O2S. The standard InChI is InChI=1S/C18H22BrN3O2S/c1-21(12-17-16(19)6-11-25-17)13-18(23)20-14-2-4-15(5-3-14)22-7-9-24-10-8-22/h2-6,11H,7-10,12-13H2,1H3,(H,20,23). The fraction of sp³-hybridized carbons (Fsp3) is 0.389. The Hall–Kier alpha value is -1.41. The van der Waals surface area contributed by atoms with E-state index in [2.05, 4.69) is 26.1 Å². The summed E-state index contributed by atoms with van der Waals surface area (Å²) in [5, 5.41) is 5.01. The predicted molar refractivity (Wildman–Crippen MR) is 106 cm³/mol. The Labute approximate surface area is 160 Å². The van der Waals surface area contributed by atoms with Gasteiger partial charge in [-0.2, -0.15) is 0 Å². The average Bonchev–Trinajstić information content (AvgIpc) is 3.01. The van der Waals surface area contributed by atoms with Gasteiger partial charge in [0, 0.05) is 40.4 Å². The van der Waals surface area contributed by atoms with Gasteiger partial charge in [0.1, 0.15) is 0 Å². The molecule has 0 radical (unpaired) electrons. The van der Waals surface area contributed by atoms with Gasteiger partial charge < -0.3 is 15.0 Å². The van der Waals surface area contributed by atoms with Crippen LogP contribution in [-0.4, -0.2) is 50.7 Å². The molecule has 1 saturated heterocycles. The van der Waals surface area contributed by atoms with Crippen molar-refractivity contribution in [2.45, 2.75) is 6.54 Å². The monoisotopic (exact) mass is 423 g/mol. The minimum atomic E-state index is -0.00528. The van der Waals surface area contributed by atoms with Gasteiger partial charge in [0.2, 0.25) is 5.91 Å². The summed E-state index contributed by atoms with van der Waals surface area (Å²) < 4.78 is 6.47. The molecule has 1 aliphatic rings. The molecule has 1 aromatic heterocycles. The highest BCUT2D eigenvalue weighted by Crippen LogP contribution is 2.24. The Morgan fingerprint density at radius 2 is 2.00 bits per heavy atom. The zero-order valence-electron chi connectivity index (χ0n) is 14.2. The molecule has 0 bridgehead atoms. The average molecular weight is 424 g/mol. The van der Waals surface area contributed by atoms with E-state index in [-0.39, 0.29) is 5.91 Å². The lowest BCUT2D eigenvalue weighted by molar-refractivity contribution is -0.117. The van der Waals surface area contributed by atoms with Crippen LogP contribution in [0.2, 0.25) is 0 Å². The molecule has 0 aliphatic carbocycles. The number of hydrogen-bond acceptors (Lipinski definition) is 5. The number of hydrogen-bond donors (Lipinski definition) is 1. The molecule has 25 heavy (non-hydrogen) atoms. The number of ether oxygens (including phenoxy) is 1. The van der Waals surface area contributed by atoms with E-state index in [9.17, 15) is 4.79 Å². The Morgan fingerprint density at radius 3 is 2.64 bits per heavy atom. The van der Waals surface area contributed by atoms with E-state index in [1.54, 1.807) is 11.3 Å². The molecule has 7 heteroatoms. The summed E-state index contributed by atoms with van der Waals surface area (Å²) in [6.45, 7) is 4.47. The van der Waals surface area contributed by atoms with Gasteiger partial charge in [-0.25, -0.2) is 0 Å². The highest BCUT2D eigenvalue weighted by molar-refractivity contribution is 9.10. The summed E-state index contributed by atoms with van der Waals surface area (Å²) in [7, 11) is 1.95. The molecule has 0 atom stereocenters. The highest BCUT2D eigenvalue weighted by Gasteiger charge is 2.12. The third-order valence-corrected chi connectivity index (χ3v) is 5.96. The molecule has 1 N–H and O–H groups in total. The van der Waals surface area contributed by atoms with Crippen molar-refractivity contribution in [3.63, 3.8) is 0 Å². The van der Waals surface area contributed by atoms with Crippen LogP contribution in [0.4, 0.5) is 11.4 Å². The van der Waals surface area contributed by atoms with E-state index >= 15 is 0 Å². The second kappa shape index (κ2) is 8.80. The molecule has 3 rings (SSSR count). The van der Waals surface area contributed by atoms with Gasteiger partial charge in [-0.15, -0.1) is 11.3 Å². The van der Waals surface area contributed by atoms with Gasteiger partial charge in [-0.05, 0) is 58.7 Å². The number of anilines is 2. The van der Waals surface area contributed by atoms with Gasteiger partial charge >= 0.3 is 0 Å². The third kappa shape index (κ3) is 5.28. The lowest BCUT2D eigenvalue weighted by Gasteiger charge is -2.28. The van der Waals surface area contributed by atoms with Crippen molar-refractivity contribution in [1.82, 2.24) is 4.90 Å². The zero-order chi connectivity index (χ0) is 17.6. The topological polar surface area (TPSA) is 44.8 Å². The maximum absolute atomic E-state index is 12.2. The van der Waals surface area contributed by atoms with Crippen LogP contribution in [-0.2, 0) is 16.1 Å². The normalized spacial score (nSPS) is 14.8. The van der Waals surface area contributed by atoms with E-state index in [0.717, 1.165) is 43.0 Å². The molecule has 2 aromatic rings. The molecule has 2 heterocycles. The fourth-order valence-electron chi connectivity index (χ4n) is 2.76. The molecule has 1 aromatic carbocycles. The zero-order valence-corrected chi connectivity index (χ0v) is 16.6. The summed E-state index contributed by atoms with van der Waals surface area (Å²) in [6.07, 6.45) is 0. The predicted octanol–water partition coefficient (Wildman–Crippen LogP) is 3.42. The first kappa shape index (κ1) is 18.4. The Morgan fingerprint density at radius 1 is 1.28 bits per heavy atom. The number of nitrogens with one attached hydrogen (secondary N) is 1. The van der Waals surface area contributed by atoms with Crippen molar-refractivity contribution in [1.29, 1.82) is 0 Å². The molecule has 0 saturated carbocycles. The van der Waals surface area contributed by atoms with Crippen LogP contribution < -0.4 is 10.2 Å². The van der Waals surface area contributed by atoms with Gasteiger partial charge in [0.15, 0.2) is 0 Å². The minimum absolute atomic E-state index is 0.00528. The maximum atomic E-state index is 12.2. The number of amides is 1. The summed E-state index contributed by atoms with van der Waals surface area (Å²) in [5.41, 5.74) is 1.99. The van der Waals surface area contributed by atoms with Crippen LogP contribution in [0, 0.1) is 0 Å². The summed E-state index contributed by atoms with van der Waals surface area (Å²) in [4.78, 5) is 17.8. The van der Waals surface area contributed by atoms with Crippen molar-refractivity contribution in [3.05, 3.63) is 45.1 Å². The van der Waals surface area contributed by atoms with Crippen LogP contribution in [0.3, 0.4) is 0 Å². The highest BCUT2D eigenvalue weighted by atomic mass is 79.9. The number of halogens is 1. The van der Waals surface area contributed by atoms with Gasteiger partial charge in [0.05, 0.1) is 19.8 Å². The van der Waals surface area contributed by atoms with Gasteiger partial charge in [-0.1, -0.05) is 0 Å². The number of thiophene rings is 1. The maximum Gasteiger partial charge on any atom is 0.238 e. The van der Waals surface area contributed by atoms with Crippen LogP contribution in [0.5, 0.6) is 0 Å². The Bertz CT molecular complexity index is 699. The van der Waals surface area contributed by atoms with E-state index in [1.807, 2.05) is 47.7 Å². The fourth-order valence-corrected chi connectivity index (χ4v) is 4.32. The van der Waals surface area contributed by atoms with Crippen molar-refractivity contribution in [3.8, 4) is 0 Å². The molecular weight excluding hydrogens is 402 g/mol. The number of likely N-dealkylation sites (N-methyl/N-ethyl adjacent to an activating group) is 1. The van der Waals surface area contributed by atoms with Crippen LogP contribution in [0.15, 0.2) is 40.2 Å². The van der Waals surface area contributed by atoms with Crippen LogP contribution in [0.1, 0.15) is 4.88 Å². The number of nitrogens with zero attached hydrogens (tertiary/aromatic N) is 2. The summed E-state index contributed by atoms with van der Waals surface area (Å²) >= 11 is 5.22. The van der Waals surface area contributed by atoms with Crippen LogP contribution >= 0.6 is 27.3 Å². The SMILES string of the molecule is CN(CC(=O)Nc1ccc(N2CCOCC2)cc1)Cc1sccc1Br. The van der Waals surface area contributed by atoms with Crippen molar-refractivity contribution in [2.75, 3.05) is 50.1 Å². The first-order valence-electron chi connectivity index (χ1n) is 8.25. The molecule has 134 valence electrons. The Balaban J connectivity index is 1.49. The van der Waals surface area contributed by atoms with E-state index < -0.39 is 0 Å². The molecule has 1 amide bonds. The largest absolute Gasteiger partial charge is 0.378 e. The first-order valence-corrected chi connectivity index (χ1v) is 9.92. The van der Waals surface area contributed by atoms with Crippen molar-refractivity contribution in [2.24, 2.45) is 0 Å². The van der Waals surface area contributed by atoms with Gasteiger partial charge in [0.25, 0.3) is 0 Å². The smallest absolute Gasteiger partial charge is 0.238 e. The Kier molecular flexibility index (Phi) is 6.47. The lowest BCUT2D eigenvalue weighted by Crippen LogP contribution is -2.36. The second-order valence-corrected chi connectivity index (χ2v) is 7.91. The van der Waals surface area contributed by atoms with Gasteiger partial charge in [-0.3, -0.25) is 9.69 Å². The number of benzene rings is 1. The van der Waals surface area contributed by atoms with Crippen molar-refractivity contribution < 1.29 is 9.53 Å². The van der Waals surface area contributed by atoms with Crippen molar-refractivity contribution >= 4 is 44.5 Å². The molecule has 0 spiro atoms. The number of morpholine rings is 1. The van der Waals surface area contributed by atoms with E-state index in [4.69, 9.17) is 4.74 Å². The van der Waals surface area contributed by atoms with Crippen LogP contribution in [0.25, 0.3) is 0 Å². The van der Waals surface area contributed by atoms with E-state index in [1.165, 1.54) is 10.6 Å². The second-order valence-electron chi connectivity index (χ2n) is 6.06. The lowest BCUT2D eigenvalue weighted by atomic mass is 10.2. The number of rotatable bonds is 6.